The van der Waals surface area contributed by atoms with Crippen LogP contribution in [-0.2, 0) is 0 Å². The van der Waals surface area contributed by atoms with Gasteiger partial charge in [0.15, 0.2) is 11.5 Å². The molecule has 0 aliphatic rings. The quantitative estimate of drug-likeness (QED) is 0.656. The van der Waals surface area contributed by atoms with Crippen molar-refractivity contribution >= 4 is 11.4 Å². The van der Waals surface area contributed by atoms with Crippen LogP contribution in [-0.4, -0.2) is 32.0 Å². The van der Waals surface area contributed by atoms with Crippen molar-refractivity contribution in [2.45, 2.75) is 19.4 Å². The molecule has 0 saturated carbocycles. The Labute approximate surface area is 102 Å². The van der Waals surface area contributed by atoms with Crippen molar-refractivity contribution in [3.05, 3.63) is 12.1 Å². The molecule has 0 spiro atoms. The van der Waals surface area contributed by atoms with E-state index in [-0.39, 0.29) is 6.10 Å². The molecule has 0 fully saturated rings. The number of nitrogens with one attached hydrogen (secondary N) is 1. The molecular formula is C12H20N2O3. The highest BCUT2D eigenvalue weighted by atomic mass is 16.5. The summed E-state index contributed by atoms with van der Waals surface area (Å²) in [5, 5.41) is 12.6. The van der Waals surface area contributed by atoms with Gasteiger partial charge in [-0.15, -0.1) is 0 Å². The lowest BCUT2D eigenvalue weighted by Crippen LogP contribution is -2.18. The number of nitrogens with two attached hydrogens (primary N) is 1. The maximum atomic E-state index is 9.48. The predicted octanol–water partition coefficient (Wildman–Crippen LogP) is 1.47. The van der Waals surface area contributed by atoms with Crippen LogP contribution in [0.15, 0.2) is 12.1 Å². The number of hydrogen-bond donors (Lipinski definition) is 3. The third kappa shape index (κ3) is 3.42. The van der Waals surface area contributed by atoms with E-state index in [0.717, 1.165) is 5.69 Å². The van der Waals surface area contributed by atoms with Crippen LogP contribution in [0.5, 0.6) is 11.5 Å². The van der Waals surface area contributed by atoms with Gasteiger partial charge >= 0.3 is 0 Å². The lowest BCUT2D eigenvalue weighted by molar-refractivity contribution is 0.183. The Morgan fingerprint density at radius 1 is 1.29 bits per heavy atom. The second-order valence-electron chi connectivity index (χ2n) is 3.74. The summed E-state index contributed by atoms with van der Waals surface area (Å²) in [6.45, 7) is 2.38. The molecule has 5 heteroatoms. The smallest absolute Gasteiger partial charge is 0.162 e. The minimum absolute atomic E-state index is 0.387. The van der Waals surface area contributed by atoms with E-state index in [1.165, 1.54) is 0 Å². The van der Waals surface area contributed by atoms with Crippen LogP contribution < -0.4 is 20.5 Å². The number of ether oxygens (including phenoxy) is 2. The zero-order chi connectivity index (χ0) is 12.8. The van der Waals surface area contributed by atoms with Gasteiger partial charge in [0.25, 0.3) is 0 Å². The molecule has 0 bridgehead atoms. The van der Waals surface area contributed by atoms with E-state index >= 15 is 0 Å². The van der Waals surface area contributed by atoms with Crippen molar-refractivity contribution in [1.82, 2.24) is 0 Å². The Morgan fingerprint density at radius 2 is 1.88 bits per heavy atom. The molecular weight excluding hydrogens is 220 g/mol. The fourth-order valence-electron chi connectivity index (χ4n) is 1.42. The first-order valence-electron chi connectivity index (χ1n) is 5.55. The SMILES string of the molecule is CCC(O)CNc1cc(OC)c(OC)cc1N. The van der Waals surface area contributed by atoms with Crippen LogP contribution in [0, 0.1) is 0 Å². The van der Waals surface area contributed by atoms with Gasteiger partial charge in [0, 0.05) is 18.7 Å². The number of nitrogen functional groups attached to an aromatic ring is 1. The Bertz CT molecular complexity index is 369. The molecule has 1 unspecified atom stereocenters. The predicted molar refractivity (Wildman–Crippen MR) is 68.7 cm³/mol. The molecule has 1 aromatic carbocycles. The lowest BCUT2D eigenvalue weighted by atomic mass is 10.2. The molecule has 0 aromatic heterocycles. The monoisotopic (exact) mass is 240 g/mol. The highest BCUT2D eigenvalue weighted by molar-refractivity contribution is 5.72. The summed E-state index contributed by atoms with van der Waals surface area (Å²) in [5.41, 5.74) is 7.16. The standard InChI is InChI=1S/C12H20N2O3/c1-4-8(15)7-14-10-6-12(17-3)11(16-2)5-9(10)13/h5-6,8,14-15H,4,7,13H2,1-3H3. The molecule has 1 aromatic rings. The lowest BCUT2D eigenvalue weighted by Gasteiger charge is -2.15. The third-order valence-corrected chi connectivity index (χ3v) is 2.56. The molecule has 0 heterocycles. The zero-order valence-corrected chi connectivity index (χ0v) is 10.5. The molecule has 1 atom stereocenters. The largest absolute Gasteiger partial charge is 0.493 e. The van der Waals surface area contributed by atoms with Gasteiger partial charge in [0.1, 0.15) is 0 Å². The van der Waals surface area contributed by atoms with E-state index < -0.39 is 0 Å². The van der Waals surface area contributed by atoms with Crippen molar-refractivity contribution in [2.24, 2.45) is 0 Å². The number of rotatable bonds is 6. The summed E-state index contributed by atoms with van der Waals surface area (Å²) < 4.78 is 10.3. The van der Waals surface area contributed by atoms with Gasteiger partial charge in [-0.3, -0.25) is 0 Å². The van der Waals surface area contributed by atoms with Crippen molar-refractivity contribution < 1.29 is 14.6 Å². The van der Waals surface area contributed by atoms with Gasteiger partial charge in [-0.2, -0.15) is 0 Å². The minimum atomic E-state index is -0.387. The summed E-state index contributed by atoms with van der Waals surface area (Å²) in [4.78, 5) is 0. The van der Waals surface area contributed by atoms with Crippen molar-refractivity contribution in [1.29, 1.82) is 0 Å². The van der Waals surface area contributed by atoms with Crippen LogP contribution in [0.4, 0.5) is 11.4 Å². The molecule has 0 amide bonds. The first-order chi connectivity index (χ1) is 8.12. The maximum absolute atomic E-state index is 9.48. The number of aliphatic hydroxyl groups is 1. The van der Waals surface area contributed by atoms with E-state index in [4.69, 9.17) is 15.2 Å². The summed E-state index contributed by atoms with van der Waals surface area (Å²) in [6, 6.07) is 3.45. The fourth-order valence-corrected chi connectivity index (χ4v) is 1.42. The van der Waals surface area contributed by atoms with Crippen LogP contribution in [0.3, 0.4) is 0 Å². The molecule has 96 valence electrons. The van der Waals surface area contributed by atoms with Crippen molar-refractivity contribution in [3.63, 3.8) is 0 Å². The molecule has 0 saturated heterocycles. The molecule has 17 heavy (non-hydrogen) atoms. The number of hydrogen-bond acceptors (Lipinski definition) is 5. The molecule has 5 nitrogen and oxygen atoms in total. The molecule has 0 aliphatic heterocycles. The number of benzene rings is 1. The van der Waals surface area contributed by atoms with E-state index in [1.807, 2.05) is 6.92 Å². The minimum Gasteiger partial charge on any atom is -0.493 e. The Kier molecular flexibility index (Phi) is 4.90. The van der Waals surface area contributed by atoms with E-state index in [9.17, 15) is 5.11 Å². The number of methoxy groups -OCH3 is 2. The van der Waals surface area contributed by atoms with Gasteiger partial charge in [-0.25, -0.2) is 0 Å². The number of aliphatic hydroxyl groups excluding tert-OH is 1. The molecule has 1 rings (SSSR count). The van der Waals surface area contributed by atoms with Gasteiger partial charge in [-0.05, 0) is 6.42 Å². The van der Waals surface area contributed by atoms with Crippen LogP contribution in [0.1, 0.15) is 13.3 Å². The highest BCUT2D eigenvalue weighted by Gasteiger charge is 2.09. The average Bonchev–Trinajstić information content (AvgIpc) is 2.36. The van der Waals surface area contributed by atoms with Gasteiger partial charge in [0.05, 0.1) is 31.7 Å². The van der Waals surface area contributed by atoms with Crippen LogP contribution >= 0.6 is 0 Å². The first-order valence-corrected chi connectivity index (χ1v) is 5.55. The normalized spacial score (nSPS) is 12.0. The van der Waals surface area contributed by atoms with E-state index in [2.05, 4.69) is 5.32 Å². The van der Waals surface area contributed by atoms with Gasteiger partial charge in [-0.1, -0.05) is 6.92 Å². The molecule has 0 aliphatic carbocycles. The van der Waals surface area contributed by atoms with Gasteiger partial charge < -0.3 is 25.6 Å². The second kappa shape index (κ2) is 6.20. The fraction of sp³-hybridized carbons (Fsp3) is 0.500. The second-order valence-corrected chi connectivity index (χ2v) is 3.74. The van der Waals surface area contributed by atoms with Crippen molar-refractivity contribution in [3.8, 4) is 11.5 Å². The number of anilines is 2. The first kappa shape index (κ1) is 13.4. The summed E-state index contributed by atoms with van der Waals surface area (Å²) in [6.07, 6.45) is 0.308. The summed E-state index contributed by atoms with van der Waals surface area (Å²) >= 11 is 0. The summed E-state index contributed by atoms with van der Waals surface area (Å²) in [5.74, 6) is 1.20. The molecule has 4 N–H and O–H groups in total. The van der Waals surface area contributed by atoms with Crippen LogP contribution in [0.2, 0.25) is 0 Å². The topological polar surface area (TPSA) is 76.7 Å². The maximum Gasteiger partial charge on any atom is 0.162 e. The third-order valence-electron chi connectivity index (χ3n) is 2.56. The zero-order valence-electron chi connectivity index (χ0n) is 10.5. The van der Waals surface area contributed by atoms with Gasteiger partial charge in [0.2, 0.25) is 0 Å². The molecule has 0 radical (unpaired) electrons. The Morgan fingerprint density at radius 3 is 2.41 bits per heavy atom. The highest BCUT2D eigenvalue weighted by Crippen LogP contribution is 2.34. The summed E-state index contributed by atoms with van der Waals surface area (Å²) in [7, 11) is 3.13. The van der Waals surface area contributed by atoms with Crippen LogP contribution in [0.25, 0.3) is 0 Å². The van der Waals surface area contributed by atoms with E-state index in [1.54, 1.807) is 26.4 Å². The van der Waals surface area contributed by atoms with E-state index in [0.29, 0.717) is 30.2 Å². The Balaban J connectivity index is 2.85. The van der Waals surface area contributed by atoms with Crippen molar-refractivity contribution in [2.75, 3.05) is 31.8 Å². The Hall–Kier alpha value is -1.62. The average molecular weight is 240 g/mol.